The highest BCUT2D eigenvalue weighted by molar-refractivity contribution is 6.12. The van der Waals surface area contributed by atoms with Gasteiger partial charge in [0.25, 0.3) is 0 Å². The monoisotopic (exact) mass is 916 g/mol. The van der Waals surface area contributed by atoms with Crippen LogP contribution in [0.5, 0.6) is 0 Å². The number of rotatable bonds is 7. The molecule has 0 saturated carbocycles. The zero-order valence-electron chi connectivity index (χ0n) is 39.2. The summed E-state index contributed by atoms with van der Waals surface area (Å²) in [4.78, 5) is 4.77. The van der Waals surface area contributed by atoms with E-state index in [1.165, 1.54) is 66.1 Å². The zero-order chi connectivity index (χ0) is 47.3. The minimum Gasteiger partial charge on any atom is -0.454 e. The standard InChI is InChI=1S/C69H44N2O/c1-4-23-50(24-5-1)70(51-25-6-2-7-26-51)53-37-35-45(36-38-53)57-43-64-60(44-66(57)71(52-27-8-3-9-28-52)65-33-18-31-56-55-30-15-17-34-67(55)72-68(56)65)59-40-47-20-11-13-22-49(47)42-63(59)69(64)61-32-16-14-29-54(61)58-39-46-19-10-12-21-48(46)41-62(58)69/h1-44H. The van der Waals surface area contributed by atoms with E-state index in [-0.39, 0.29) is 0 Å². The minimum absolute atomic E-state index is 0.606. The largest absolute Gasteiger partial charge is 0.454 e. The first-order valence-corrected chi connectivity index (χ1v) is 24.8. The predicted octanol–water partition coefficient (Wildman–Crippen LogP) is 18.8. The molecule has 1 aromatic heterocycles. The number of nitrogens with zero attached hydrogens (tertiary/aromatic N) is 2. The molecule has 3 nitrogen and oxygen atoms in total. The van der Waals surface area contributed by atoms with Crippen molar-refractivity contribution >= 4 is 77.6 Å². The lowest BCUT2D eigenvalue weighted by Crippen LogP contribution is -2.26. The molecule has 0 N–H and O–H groups in total. The lowest BCUT2D eigenvalue weighted by Gasteiger charge is -2.33. The summed E-state index contributed by atoms with van der Waals surface area (Å²) in [6, 6.07) is 98.0. The smallest absolute Gasteiger partial charge is 0.159 e. The molecule has 1 unspecified atom stereocenters. The maximum atomic E-state index is 6.92. The van der Waals surface area contributed by atoms with Gasteiger partial charge in [-0.3, -0.25) is 0 Å². The molecule has 1 atom stereocenters. The second-order valence-electron chi connectivity index (χ2n) is 19.2. The summed E-state index contributed by atoms with van der Waals surface area (Å²) in [7, 11) is 0. The fourth-order valence-corrected chi connectivity index (χ4v) is 12.3. The van der Waals surface area contributed by atoms with E-state index in [4.69, 9.17) is 4.42 Å². The third-order valence-corrected chi connectivity index (χ3v) is 15.4. The molecule has 12 aromatic carbocycles. The van der Waals surface area contributed by atoms with Crippen molar-refractivity contribution in [3.63, 3.8) is 0 Å². The molecule has 0 aliphatic heterocycles. The van der Waals surface area contributed by atoms with Crippen LogP contribution >= 0.6 is 0 Å². The molecule has 336 valence electrons. The third kappa shape index (κ3) is 5.92. The van der Waals surface area contributed by atoms with E-state index in [9.17, 15) is 0 Å². The van der Waals surface area contributed by atoms with Crippen LogP contribution in [-0.4, -0.2) is 0 Å². The van der Waals surface area contributed by atoms with Crippen LogP contribution in [0.2, 0.25) is 0 Å². The highest BCUT2D eigenvalue weighted by Crippen LogP contribution is 2.65. The lowest BCUT2D eigenvalue weighted by atomic mass is 9.69. The first kappa shape index (κ1) is 40.4. The Morgan fingerprint density at radius 1 is 0.278 bits per heavy atom. The molecule has 15 rings (SSSR count). The summed E-state index contributed by atoms with van der Waals surface area (Å²) >= 11 is 0. The van der Waals surface area contributed by atoms with E-state index >= 15 is 0 Å². The molecule has 0 fully saturated rings. The van der Waals surface area contributed by atoms with Crippen molar-refractivity contribution in [2.24, 2.45) is 0 Å². The van der Waals surface area contributed by atoms with Crippen molar-refractivity contribution < 1.29 is 4.42 Å². The van der Waals surface area contributed by atoms with E-state index in [1.807, 2.05) is 0 Å². The van der Waals surface area contributed by atoms with Crippen LogP contribution < -0.4 is 9.80 Å². The Bertz CT molecular complexity index is 4230. The second-order valence-corrected chi connectivity index (χ2v) is 19.2. The van der Waals surface area contributed by atoms with Crippen molar-refractivity contribution in [1.82, 2.24) is 0 Å². The molecule has 13 aromatic rings. The molecule has 0 amide bonds. The summed E-state index contributed by atoms with van der Waals surface area (Å²) < 4.78 is 6.92. The van der Waals surface area contributed by atoms with Crippen LogP contribution in [0.25, 0.3) is 76.9 Å². The van der Waals surface area contributed by atoms with Gasteiger partial charge in [0.1, 0.15) is 5.58 Å². The molecule has 1 heterocycles. The Hall–Kier alpha value is -9.44. The van der Waals surface area contributed by atoms with Gasteiger partial charge in [-0.2, -0.15) is 0 Å². The average molecular weight is 917 g/mol. The molecular weight excluding hydrogens is 873 g/mol. The summed E-state index contributed by atoms with van der Waals surface area (Å²) in [5.41, 5.74) is 19.9. The van der Waals surface area contributed by atoms with Crippen molar-refractivity contribution in [2.75, 3.05) is 9.80 Å². The minimum atomic E-state index is -0.606. The highest BCUT2D eigenvalue weighted by atomic mass is 16.3. The van der Waals surface area contributed by atoms with E-state index in [0.29, 0.717) is 0 Å². The van der Waals surface area contributed by atoms with Gasteiger partial charge in [0.2, 0.25) is 0 Å². The fraction of sp³-hybridized carbons (Fsp3) is 0.0145. The summed E-state index contributed by atoms with van der Waals surface area (Å²) in [6.45, 7) is 0. The first-order valence-electron chi connectivity index (χ1n) is 24.8. The predicted molar refractivity (Wildman–Crippen MR) is 300 cm³/mol. The van der Waals surface area contributed by atoms with Gasteiger partial charge in [0.15, 0.2) is 5.58 Å². The summed E-state index contributed by atoms with van der Waals surface area (Å²) in [5.74, 6) is 0. The number of hydrogen-bond acceptors (Lipinski definition) is 3. The van der Waals surface area contributed by atoms with Crippen LogP contribution in [0, 0.1) is 0 Å². The summed E-state index contributed by atoms with van der Waals surface area (Å²) in [5, 5.41) is 7.12. The second kappa shape index (κ2) is 15.8. The van der Waals surface area contributed by atoms with Crippen molar-refractivity contribution in [3.05, 3.63) is 289 Å². The fourth-order valence-electron chi connectivity index (χ4n) is 12.3. The van der Waals surface area contributed by atoms with Gasteiger partial charge < -0.3 is 14.2 Å². The number of hydrogen-bond donors (Lipinski definition) is 0. The van der Waals surface area contributed by atoms with Gasteiger partial charge in [0.05, 0.1) is 16.8 Å². The number of anilines is 6. The highest BCUT2D eigenvalue weighted by Gasteiger charge is 2.52. The number of fused-ring (bicyclic) bond motifs is 15. The Kier molecular flexibility index (Phi) is 8.87. The SMILES string of the molecule is c1ccc(N(c2ccccc2)c2ccc(-c3cc4c(cc3N(c3ccccc3)c3cccc5c3oc3ccccc35)-c3cc5ccccc5cc3C43c4ccccc4-c4cc5ccccc5cc43)cc2)cc1. The Labute approximate surface area is 417 Å². The molecule has 1 spiro atoms. The van der Waals surface area contributed by atoms with E-state index in [0.717, 1.165) is 67.2 Å². The Morgan fingerprint density at radius 3 is 1.39 bits per heavy atom. The van der Waals surface area contributed by atoms with Crippen LogP contribution in [-0.2, 0) is 5.41 Å². The average Bonchev–Trinajstić information content (AvgIpc) is 4.07. The quantitative estimate of drug-likeness (QED) is 0.159. The van der Waals surface area contributed by atoms with E-state index in [1.54, 1.807) is 0 Å². The van der Waals surface area contributed by atoms with Gasteiger partial charge in [-0.1, -0.05) is 170 Å². The van der Waals surface area contributed by atoms with Crippen LogP contribution in [0.1, 0.15) is 22.3 Å². The zero-order valence-corrected chi connectivity index (χ0v) is 39.2. The van der Waals surface area contributed by atoms with Crippen LogP contribution in [0.15, 0.2) is 271 Å². The van der Waals surface area contributed by atoms with E-state index in [2.05, 4.69) is 277 Å². The molecule has 0 saturated heterocycles. The maximum absolute atomic E-state index is 6.92. The number of furan rings is 1. The first-order chi connectivity index (χ1) is 35.7. The molecule has 0 radical (unpaired) electrons. The number of para-hydroxylation sites is 5. The van der Waals surface area contributed by atoms with Gasteiger partial charge in [0, 0.05) is 39.1 Å². The van der Waals surface area contributed by atoms with Gasteiger partial charge in [-0.15, -0.1) is 0 Å². The van der Waals surface area contributed by atoms with E-state index < -0.39 is 5.41 Å². The van der Waals surface area contributed by atoms with Crippen molar-refractivity contribution in [1.29, 1.82) is 0 Å². The van der Waals surface area contributed by atoms with Crippen LogP contribution in [0.3, 0.4) is 0 Å². The molecule has 0 bridgehead atoms. The number of benzene rings is 12. The van der Waals surface area contributed by atoms with Gasteiger partial charge in [-0.25, -0.2) is 0 Å². The normalized spacial score (nSPS) is 14.2. The van der Waals surface area contributed by atoms with Gasteiger partial charge in [-0.05, 0) is 169 Å². The van der Waals surface area contributed by atoms with Crippen molar-refractivity contribution in [2.45, 2.75) is 5.41 Å². The molecule has 2 aliphatic rings. The van der Waals surface area contributed by atoms with Gasteiger partial charge >= 0.3 is 0 Å². The maximum Gasteiger partial charge on any atom is 0.159 e. The molecule has 3 heteroatoms. The molecule has 2 aliphatic carbocycles. The lowest BCUT2D eigenvalue weighted by molar-refractivity contribution is 0.669. The molecular formula is C69H44N2O. The van der Waals surface area contributed by atoms with Crippen molar-refractivity contribution in [3.8, 4) is 33.4 Å². The van der Waals surface area contributed by atoms with Crippen LogP contribution in [0.4, 0.5) is 34.1 Å². The topological polar surface area (TPSA) is 19.6 Å². The summed E-state index contributed by atoms with van der Waals surface area (Å²) in [6.07, 6.45) is 0. The molecule has 72 heavy (non-hydrogen) atoms. The Balaban J connectivity index is 1.06. The Morgan fingerprint density at radius 2 is 0.750 bits per heavy atom. The third-order valence-electron chi connectivity index (χ3n) is 15.4.